The Bertz CT molecular complexity index is 351. The number of amides is 1. The first-order chi connectivity index (χ1) is 6.50. The molecule has 0 fully saturated rings. The summed E-state index contributed by atoms with van der Waals surface area (Å²) < 4.78 is 39.6. The Kier molecular flexibility index (Phi) is 3.65. The van der Waals surface area contributed by atoms with Crippen molar-refractivity contribution in [3.63, 3.8) is 0 Å². The fourth-order valence-electron chi connectivity index (χ4n) is 0.690. The summed E-state index contributed by atoms with van der Waals surface area (Å²) in [5.74, 6) is -4.20. The fourth-order valence-corrected chi connectivity index (χ4v) is 1.33. The lowest BCUT2D eigenvalue weighted by molar-refractivity contribution is 0.264. The number of benzene rings is 1. The highest BCUT2D eigenvalue weighted by Crippen LogP contribution is 2.20. The minimum atomic E-state index is -1.55. The van der Waals surface area contributed by atoms with Crippen LogP contribution in [0.1, 0.15) is 0 Å². The second-order valence-electron chi connectivity index (χ2n) is 2.18. The molecule has 7 heteroatoms. The van der Waals surface area contributed by atoms with Gasteiger partial charge in [0.2, 0.25) is 0 Å². The molecule has 1 rings (SSSR count). The average Bonchev–Trinajstić information content (AvgIpc) is 2.10. The van der Waals surface area contributed by atoms with E-state index in [0.29, 0.717) is 11.9 Å². The molecule has 0 aromatic heterocycles. The zero-order chi connectivity index (χ0) is 10.7. The maximum absolute atomic E-state index is 12.6. The molecule has 0 saturated carbocycles. The van der Waals surface area contributed by atoms with Crippen LogP contribution in [-0.2, 0) is 0 Å². The summed E-state index contributed by atoms with van der Waals surface area (Å²) in [5, 5.41) is -0.889. The number of halogens is 4. The zero-order valence-corrected chi connectivity index (χ0v) is 8.06. The van der Waals surface area contributed by atoms with E-state index in [4.69, 9.17) is 11.6 Å². The molecule has 1 aromatic rings. The first-order valence-corrected chi connectivity index (χ1v) is 4.47. The summed E-state index contributed by atoms with van der Waals surface area (Å²) >= 11 is 5.49. The lowest BCUT2D eigenvalue weighted by atomic mass is 10.3. The van der Waals surface area contributed by atoms with Gasteiger partial charge in [-0.05, 0) is 35.7 Å². The molecule has 1 N–H and O–H groups in total. The van der Waals surface area contributed by atoms with Gasteiger partial charge < -0.3 is 0 Å². The van der Waals surface area contributed by atoms with Gasteiger partial charge in [-0.25, -0.2) is 13.2 Å². The molecule has 0 aliphatic heterocycles. The summed E-state index contributed by atoms with van der Waals surface area (Å²) in [6.07, 6.45) is 0. The third-order valence-corrected chi connectivity index (χ3v) is 2.17. The molecule has 0 saturated heterocycles. The normalized spacial score (nSPS) is 10.0. The third-order valence-electron chi connectivity index (χ3n) is 1.21. The Morgan fingerprint density at radius 2 is 1.79 bits per heavy atom. The number of rotatable bonds is 2. The molecule has 0 radical (unpaired) electrons. The van der Waals surface area contributed by atoms with Crippen molar-refractivity contribution < 1.29 is 18.0 Å². The Balaban J connectivity index is 2.84. The summed E-state index contributed by atoms with van der Waals surface area (Å²) in [6.45, 7) is 0. The molecule has 76 valence electrons. The Labute approximate surface area is 86.6 Å². The van der Waals surface area contributed by atoms with Crippen LogP contribution in [0.4, 0.5) is 18.0 Å². The Morgan fingerprint density at radius 3 is 2.21 bits per heavy atom. The van der Waals surface area contributed by atoms with Crippen LogP contribution in [0.15, 0.2) is 17.0 Å². The molecule has 2 nitrogen and oxygen atoms in total. The summed E-state index contributed by atoms with van der Waals surface area (Å²) in [7, 11) is 0. The maximum Gasteiger partial charge on any atom is 0.323 e. The van der Waals surface area contributed by atoms with E-state index in [1.807, 2.05) is 4.72 Å². The van der Waals surface area contributed by atoms with Crippen LogP contribution >= 0.6 is 23.5 Å². The Morgan fingerprint density at radius 1 is 1.29 bits per heavy atom. The molecule has 0 atom stereocenters. The molecular weight excluding hydrogens is 239 g/mol. The van der Waals surface area contributed by atoms with Crippen molar-refractivity contribution in [2.24, 2.45) is 0 Å². The molecule has 0 spiro atoms. The van der Waals surface area contributed by atoms with Gasteiger partial charge in [-0.3, -0.25) is 9.52 Å². The summed E-state index contributed by atoms with van der Waals surface area (Å²) in [5.41, 5.74) is 0. The predicted molar refractivity (Wildman–Crippen MR) is 46.6 cm³/mol. The number of carbonyl (C=O) groups excluding carboxylic acids is 1. The summed E-state index contributed by atoms with van der Waals surface area (Å²) in [6, 6.07) is 1.49. The van der Waals surface area contributed by atoms with Crippen LogP contribution in [0.3, 0.4) is 0 Å². The molecule has 0 aliphatic rings. The first kappa shape index (κ1) is 11.2. The van der Waals surface area contributed by atoms with Gasteiger partial charge in [-0.1, -0.05) is 0 Å². The van der Waals surface area contributed by atoms with E-state index in [-0.39, 0.29) is 4.90 Å². The molecule has 14 heavy (non-hydrogen) atoms. The molecule has 0 bridgehead atoms. The third kappa shape index (κ3) is 2.81. The number of carbonyl (C=O) groups is 1. The van der Waals surface area contributed by atoms with Crippen molar-refractivity contribution in [1.82, 2.24) is 4.72 Å². The lowest BCUT2D eigenvalue weighted by Gasteiger charge is -2.01. The van der Waals surface area contributed by atoms with E-state index in [1.165, 1.54) is 0 Å². The minimum Gasteiger partial charge on any atom is -0.282 e. The minimum absolute atomic E-state index is 0.00963. The maximum atomic E-state index is 12.6. The van der Waals surface area contributed by atoms with Crippen molar-refractivity contribution in [2.45, 2.75) is 4.90 Å². The molecule has 0 heterocycles. The van der Waals surface area contributed by atoms with Crippen molar-refractivity contribution in [3.05, 3.63) is 29.6 Å². The second kappa shape index (κ2) is 4.56. The Hall–Kier alpha value is -0.880. The predicted octanol–water partition coefficient (Wildman–Crippen LogP) is 3.06. The SMILES string of the molecule is O=C(Cl)NSc1cc(F)c(F)c(F)c1. The fraction of sp³-hybridized carbons (Fsp3) is 0. The van der Waals surface area contributed by atoms with Gasteiger partial charge >= 0.3 is 5.37 Å². The monoisotopic (exact) mass is 241 g/mol. The van der Waals surface area contributed by atoms with Gasteiger partial charge in [-0.15, -0.1) is 0 Å². The van der Waals surface area contributed by atoms with Gasteiger partial charge in [0, 0.05) is 4.90 Å². The molecule has 1 amide bonds. The van der Waals surface area contributed by atoms with Gasteiger partial charge in [0.1, 0.15) is 0 Å². The van der Waals surface area contributed by atoms with Crippen LogP contribution in [0.2, 0.25) is 0 Å². The largest absolute Gasteiger partial charge is 0.323 e. The van der Waals surface area contributed by atoms with Crippen LogP contribution in [0, 0.1) is 17.5 Å². The molecule has 0 aliphatic carbocycles. The van der Waals surface area contributed by atoms with Gasteiger partial charge in [0.15, 0.2) is 17.5 Å². The van der Waals surface area contributed by atoms with Gasteiger partial charge in [0.05, 0.1) is 0 Å². The molecular formula is C7H3ClF3NOS. The lowest BCUT2D eigenvalue weighted by Crippen LogP contribution is -2.05. The molecule has 1 aromatic carbocycles. The summed E-state index contributed by atoms with van der Waals surface area (Å²) in [4.78, 5) is 10.2. The van der Waals surface area contributed by atoms with Crippen LogP contribution in [0.25, 0.3) is 0 Å². The van der Waals surface area contributed by atoms with Crippen molar-refractivity contribution in [1.29, 1.82) is 0 Å². The second-order valence-corrected chi connectivity index (χ2v) is 3.40. The van der Waals surface area contributed by atoms with E-state index in [2.05, 4.69) is 0 Å². The number of hydrogen-bond acceptors (Lipinski definition) is 2. The van der Waals surface area contributed by atoms with Gasteiger partial charge in [0.25, 0.3) is 0 Å². The van der Waals surface area contributed by atoms with E-state index >= 15 is 0 Å². The zero-order valence-electron chi connectivity index (χ0n) is 6.48. The van der Waals surface area contributed by atoms with Crippen molar-refractivity contribution in [3.8, 4) is 0 Å². The number of nitrogens with one attached hydrogen (secondary N) is 1. The smallest absolute Gasteiger partial charge is 0.282 e. The first-order valence-electron chi connectivity index (χ1n) is 3.27. The van der Waals surface area contributed by atoms with Gasteiger partial charge in [-0.2, -0.15) is 0 Å². The number of hydrogen-bond donors (Lipinski definition) is 1. The van der Waals surface area contributed by atoms with E-state index in [9.17, 15) is 18.0 Å². The van der Waals surface area contributed by atoms with Crippen LogP contribution in [0.5, 0.6) is 0 Å². The molecule has 0 unspecified atom stereocenters. The standard InChI is InChI=1S/C7H3ClF3NOS/c8-7(13)12-14-3-1-4(9)6(11)5(10)2-3/h1-2H,(H,12,13). The quantitative estimate of drug-likeness (QED) is 0.373. The van der Waals surface area contributed by atoms with E-state index in [0.717, 1.165) is 12.1 Å². The van der Waals surface area contributed by atoms with Crippen molar-refractivity contribution in [2.75, 3.05) is 0 Å². The van der Waals surface area contributed by atoms with Crippen molar-refractivity contribution >= 4 is 28.9 Å². The topological polar surface area (TPSA) is 29.1 Å². The van der Waals surface area contributed by atoms with E-state index in [1.54, 1.807) is 0 Å². The van der Waals surface area contributed by atoms with E-state index < -0.39 is 22.8 Å². The highest BCUT2D eigenvalue weighted by molar-refractivity contribution is 7.98. The van der Waals surface area contributed by atoms with Crippen LogP contribution < -0.4 is 4.72 Å². The highest BCUT2D eigenvalue weighted by Gasteiger charge is 2.11. The highest BCUT2D eigenvalue weighted by atomic mass is 35.5. The van der Waals surface area contributed by atoms with Crippen LogP contribution in [-0.4, -0.2) is 5.37 Å². The average molecular weight is 242 g/mol.